The Morgan fingerprint density at radius 3 is 2.68 bits per heavy atom. The minimum atomic E-state index is -0.504. The van der Waals surface area contributed by atoms with Crippen molar-refractivity contribution in [1.82, 2.24) is 19.8 Å². The van der Waals surface area contributed by atoms with Crippen molar-refractivity contribution in [2.24, 2.45) is 0 Å². The van der Waals surface area contributed by atoms with Gasteiger partial charge in [-0.3, -0.25) is 9.59 Å². The predicted molar refractivity (Wildman–Crippen MR) is 147 cm³/mol. The van der Waals surface area contributed by atoms with Crippen molar-refractivity contribution in [3.05, 3.63) is 57.9 Å². The van der Waals surface area contributed by atoms with Gasteiger partial charge in [0.25, 0.3) is 11.5 Å². The molecule has 1 fully saturated rings. The number of H-pyrrole nitrogens is 1. The molecule has 10 heteroatoms. The Bertz CT molecular complexity index is 1420. The normalized spacial score (nSPS) is 17.1. The lowest BCUT2D eigenvalue weighted by atomic mass is 10.1. The van der Waals surface area contributed by atoms with Gasteiger partial charge >= 0.3 is 0 Å². The number of aromatic nitrogens is 2. The van der Waals surface area contributed by atoms with Crippen molar-refractivity contribution >= 4 is 45.5 Å². The van der Waals surface area contributed by atoms with Crippen LogP contribution in [0.15, 0.2) is 35.1 Å². The summed E-state index contributed by atoms with van der Waals surface area (Å²) in [5.41, 5.74) is 3.18. The zero-order valence-electron chi connectivity index (χ0n) is 21.4. The van der Waals surface area contributed by atoms with E-state index in [1.807, 2.05) is 32.3 Å². The summed E-state index contributed by atoms with van der Waals surface area (Å²) in [7, 11) is 6.08. The van der Waals surface area contributed by atoms with Crippen molar-refractivity contribution in [3.8, 4) is 0 Å². The lowest BCUT2D eigenvalue weighted by molar-refractivity contribution is -0.110. The summed E-state index contributed by atoms with van der Waals surface area (Å²) in [4.78, 5) is 39.4. The summed E-state index contributed by atoms with van der Waals surface area (Å²) in [6, 6.07) is 8.68. The van der Waals surface area contributed by atoms with Crippen LogP contribution in [-0.4, -0.2) is 86.1 Å². The first kappa shape index (κ1) is 24.9. The topological polar surface area (TPSA) is 96.6 Å². The fourth-order valence-corrected chi connectivity index (χ4v) is 4.72. The molecule has 194 valence electrons. The number of aromatic amines is 1. The number of benzene rings is 2. The molecule has 3 N–H and O–H groups in total. The van der Waals surface area contributed by atoms with E-state index in [1.54, 1.807) is 12.1 Å². The standard InChI is InChI=1S/C27H32FN7O2/c1-33(2)8-4-7-29-24-16-23-20(14-21(24)28)27(37)32-25(30-23)15-19-18-6-5-17(13-22(18)31-26(19)36)35-11-9-34(3)10-12-35/h5-6,13-16,29H,4,7-12H2,1-3H3,(H,31,36)(H,30,32,37)/b19-15-. The molecule has 0 bridgehead atoms. The van der Waals surface area contributed by atoms with Crippen LogP contribution in [0.1, 0.15) is 17.8 Å². The van der Waals surface area contributed by atoms with Crippen molar-refractivity contribution in [3.63, 3.8) is 0 Å². The van der Waals surface area contributed by atoms with Crippen molar-refractivity contribution in [2.45, 2.75) is 6.42 Å². The number of nitrogens with zero attached hydrogens (tertiary/aromatic N) is 4. The molecule has 3 heterocycles. The highest BCUT2D eigenvalue weighted by molar-refractivity contribution is 6.34. The molecular weight excluding hydrogens is 473 g/mol. The van der Waals surface area contributed by atoms with E-state index in [4.69, 9.17) is 0 Å². The van der Waals surface area contributed by atoms with Crippen molar-refractivity contribution < 1.29 is 9.18 Å². The molecule has 0 unspecified atom stereocenters. The Morgan fingerprint density at radius 1 is 1.14 bits per heavy atom. The molecular formula is C27H32FN7O2. The van der Waals surface area contributed by atoms with Gasteiger partial charge in [0.05, 0.1) is 27.9 Å². The number of rotatable bonds is 7. The van der Waals surface area contributed by atoms with Crippen LogP contribution < -0.4 is 21.1 Å². The Labute approximate surface area is 215 Å². The smallest absolute Gasteiger partial charge is 0.259 e. The van der Waals surface area contributed by atoms with E-state index in [0.717, 1.165) is 56.1 Å². The van der Waals surface area contributed by atoms with E-state index < -0.39 is 11.4 Å². The van der Waals surface area contributed by atoms with Crippen LogP contribution in [0.25, 0.3) is 22.6 Å². The quantitative estimate of drug-likeness (QED) is 0.336. The Morgan fingerprint density at radius 2 is 1.92 bits per heavy atom. The van der Waals surface area contributed by atoms with Crippen LogP contribution in [0.2, 0.25) is 0 Å². The van der Waals surface area contributed by atoms with Crippen LogP contribution >= 0.6 is 0 Å². The number of fused-ring (bicyclic) bond motifs is 2. The second-order valence-electron chi connectivity index (χ2n) is 9.92. The summed E-state index contributed by atoms with van der Waals surface area (Å²) in [5.74, 6) is -0.518. The predicted octanol–water partition coefficient (Wildman–Crippen LogP) is 2.67. The van der Waals surface area contributed by atoms with E-state index in [9.17, 15) is 14.0 Å². The molecule has 0 radical (unpaired) electrons. The zero-order chi connectivity index (χ0) is 26.1. The third-order valence-corrected chi connectivity index (χ3v) is 6.85. The first-order chi connectivity index (χ1) is 17.8. The maximum atomic E-state index is 14.6. The van der Waals surface area contributed by atoms with E-state index >= 15 is 0 Å². The van der Waals surface area contributed by atoms with Gasteiger partial charge < -0.3 is 30.3 Å². The molecule has 1 aromatic heterocycles. The molecule has 37 heavy (non-hydrogen) atoms. The first-order valence-electron chi connectivity index (χ1n) is 12.5. The maximum absolute atomic E-state index is 14.6. The van der Waals surface area contributed by atoms with Gasteiger partial charge in [-0.25, -0.2) is 9.37 Å². The largest absolute Gasteiger partial charge is 0.383 e. The van der Waals surface area contributed by atoms with E-state index in [1.165, 1.54) is 6.07 Å². The first-order valence-corrected chi connectivity index (χ1v) is 12.5. The summed E-state index contributed by atoms with van der Waals surface area (Å²) in [5, 5.41) is 6.18. The monoisotopic (exact) mass is 505 g/mol. The van der Waals surface area contributed by atoms with Gasteiger partial charge in [-0.15, -0.1) is 0 Å². The highest BCUT2D eigenvalue weighted by atomic mass is 19.1. The molecule has 0 atom stereocenters. The molecule has 2 aliphatic heterocycles. The van der Waals surface area contributed by atoms with Crippen molar-refractivity contribution in [2.75, 3.05) is 75.9 Å². The number of anilines is 3. The average molecular weight is 506 g/mol. The SMILES string of the molecule is CN(C)CCCNc1cc2nc(/C=C3\C(=O)Nc4cc(N5CCN(C)CC5)ccc43)[nH]c(=O)c2cc1F. The molecule has 0 spiro atoms. The lowest BCUT2D eigenvalue weighted by Crippen LogP contribution is -2.44. The summed E-state index contributed by atoms with van der Waals surface area (Å²) < 4.78 is 14.6. The number of likely N-dealkylation sites (N-methyl/N-ethyl adjacent to an activating group) is 1. The van der Waals surface area contributed by atoms with Crippen LogP contribution in [0.5, 0.6) is 0 Å². The van der Waals surface area contributed by atoms with Gasteiger partial charge in [-0.1, -0.05) is 6.07 Å². The molecule has 2 aromatic carbocycles. The highest BCUT2D eigenvalue weighted by Crippen LogP contribution is 2.36. The molecule has 9 nitrogen and oxygen atoms in total. The van der Waals surface area contributed by atoms with Crippen LogP contribution in [0.3, 0.4) is 0 Å². The number of piperazine rings is 1. The molecule has 0 saturated carbocycles. The van der Waals surface area contributed by atoms with Gasteiger partial charge in [-0.2, -0.15) is 0 Å². The summed E-state index contributed by atoms with van der Waals surface area (Å²) in [6.45, 7) is 5.31. The minimum absolute atomic E-state index is 0.159. The number of nitrogens with one attached hydrogen (secondary N) is 3. The van der Waals surface area contributed by atoms with Gasteiger partial charge in [0.1, 0.15) is 11.6 Å². The lowest BCUT2D eigenvalue weighted by Gasteiger charge is -2.34. The Kier molecular flexibility index (Phi) is 6.94. The number of carbonyl (C=O) groups excluding carboxylic acids is 1. The average Bonchev–Trinajstić information content (AvgIpc) is 3.17. The summed E-state index contributed by atoms with van der Waals surface area (Å²) >= 11 is 0. The van der Waals surface area contributed by atoms with Gasteiger partial charge in [-0.05, 0) is 64.5 Å². The molecule has 2 aliphatic rings. The molecule has 1 saturated heterocycles. The van der Waals surface area contributed by atoms with E-state index in [0.29, 0.717) is 23.3 Å². The van der Waals surface area contributed by atoms with Gasteiger partial charge in [0.2, 0.25) is 0 Å². The molecule has 3 aromatic rings. The van der Waals surface area contributed by atoms with Crippen LogP contribution in [0.4, 0.5) is 21.5 Å². The minimum Gasteiger partial charge on any atom is -0.383 e. The number of halogens is 1. The number of hydrogen-bond donors (Lipinski definition) is 3. The number of carbonyl (C=O) groups is 1. The third kappa shape index (κ3) is 5.35. The van der Waals surface area contributed by atoms with Crippen molar-refractivity contribution in [1.29, 1.82) is 0 Å². The van der Waals surface area contributed by atoms with Crippen LogP contribution in [-0.2, 0) is 4.79 Å². The van der Waals surface area contributed by atoms with Gasteiger partial charge in [0.15, 0.2) is 0 Å². The maximum Gasteiger partial charge on any atom is 0.259 e. The van der Waals surface area contributed by atoms with E-state index in [2.05, 4.69) is 42.3 Å². The van der Waals surface area contributed by atoms with E-state index in [-0.39, 0.29) is 17.1 Å². The highest BCUT2D eigenvalue weighted by Gasteiger charge is 2.26. The summed E-state index contributed by atoms with van der Waals surface area (Å²) in [6.07, 6.45) is 2.42. The molecule has 0 aliphatic carbocycles. The fourth-order valence-electron chi connectivity index (χ4n) is 4.72. The van der Waals surface area contributed by atoms with Gasteiger partial charge in [0, 0.05) is 44.0 Å². The number of amides is 1. The zero-order valence-corrected chi connectivity index (χ0v) is 21.4. The molecule has 1 amide bonds. The second-order valence-corrected chi connectivity index (χ2v) is 9.92. The second kappa shape index (κ2) is 10.3. The van der Waals surface area contributed by atoms with Crippen LogP contribution in [0, 0.1) is 5.82 Å². The Hall–Kier alpha value is -3.76. The fraction of sp³-hybridized carbons (Fsp3) is 0.370. The number of hydrogen-bond acceptors (Lipinski definition) is 7. The molecule has 5 rings (SSSR count). The third-order valence-electron chi connectivity index (χ3n) is 6.85. The Balaban J connectivity index is 1.42.